The summed E-state index contributed by atoms with van der Waals surface area (Å²) >= 11 is 4.88. The van der Waals surface area contributed by atoms with Crippen LogP contribution >= 0.6 is 27.3 Å². The van der Waals surface area contributed by atoms with E-state index >= 15 is 0 Å². The molecule has 0 bridgehead atoms. The zero-order valence-electron chi connectivity index (χ0n) is 6.00. The van der Waals surface area contributed by atoms with E-state index in [0.29, 0.717) is 6.42 Å². The molecular formula is C7H5BrN2OS. The number of amides is 1. The molecule has 1 aliphatic rings. The Morgan fingerprint density at radius 3 is 3.33 bits per heavy atom. The van der Waals surface area contributed by atoms with Crippen molar-refractivity contribution in [2.75, 3.05) is 0 Å². The largest absolute Gasteiger partial charge is 0.317 e. The number of aliphatic imine (C=N–C) groups is 1. The maximum absolute atomic E-state index is 11.0. The second kappa shape index (κ2) is 2.99. The minimum absolute atomic E-state index is 0.0113. The summed E-state index contributed by atoms with van der Waals surface area (Å²) in [5, 5.41) is 3.46. The average Bonchev–Trinajstić information content (AvgIpc) is 2.23. The zero-order valence-corrected chi connectivity index (χ0v) is 8.41. The van der Waals surface area contributed by atoms with Crippen molar-refractivity contribution < 1.29 is 4.79 Å². The van der Waals surface area contributed by atoms with Gasteiger partial charge in [-0.2, -0.15) is 0 Å². The summed E-state index contributed by atoms with van der Waals surface area (Å²) in [4.78, 5) is 15.1. The molecule has 1 N–H and O–H groups in total. The normalized spacial score (nSPS) is 15.2. The highest BCUT2D eigenvalue weighted by Gasteiger charge is 2.12. The molecule has 3 nitrogen and oxygen atoms in total. The van der Waals surface area contributed by atoms with E-state index in [-0.39, 0.29) is 5.91 Å². The Morgan fingerprint density at radius 1 is 1.67 bits per heavy atom. The maximum atomic E-state index is 11.0. The van der Waals surface area contributed by atoms with Crippen LogP contribution in [0.2, 0.25) is 0 Å². The number of carbonyl (C=O) groups is 1. The number of nitrogens with one attached hydrogen (secondary N) is 1. The van der Waals surface area contributed by atoms with E-state index in [2.05, 4.69) is 26.2 Å². The van der Waals surface area contributed by atoms with Crippen molar-refractivity contribution in [2.24, 2.45) is 4.99 Å². The molecule has 0 aliphatic carbocycles. The fourth-order valence-electron chi connectivity index (χ4n) is 1.01. The predicted octanol–water partition coefficient (Wildman–Crippen LogP) is 1.84. The van der Waals surface area contributed by atoms with Crippen LogP contribution in [-0.4, -0.2) is 12.2 Å². The first-order valence-electron chi connectivity index (χ1n) is 3.36. The molecule has 62 valence electrons. The molecule has 0 saturated carbocycles. The lowest BCUT2D eigenvalue weighted by Crippen LogP contribution is -2.21. The Bertz CT molecular complexity index is 358. The SMILES string of the molecule is O=C1Cc2cc(Br)sc2N=CN1. The summed E-state index contributed by atoms with van der Waals surface area (Å²) in [5.74, 6) is -0.0113. The van der Waals surface area contributed by atoms with Gasteiger partial charge in [0.05, 0.1) is 16.5 Å². The van der Waals surface area contributed by atoms with Crippen LogP contribution in [0.1, 0.15) is 5.56 Å². The molecule has 1 aliphatic heterocycles. The number of carbonyl (C=O) groups excluding carboxylic acids is 1. The number of hydrogen-bond donors (Lipinski definition) is 1. The van der Waals surface area contributed by atoms with Gasteiger partial charge in [0.2, 0.25) is 5.91 Å². The molecule has 1 aromatic heterocycles. The van der Waals surface area contributed by atoms with Crippen LogP contribution in [0.5, 0.6) is 0 Å². The van der Waals surface area contributed by atoms with Gasteiger partial charge in [-0.1, -0.05) is 0 Å². The van der Waals surface area contributed by atoms with Crippen molar-refractivity contribution in [3.05, 3.63) is 15.4 Å². The Labute approximate surface area is 81.6 Å². The first kappa shape index (κ1) is 7.94. The lowest BCUT2D eigenvalue weighted by atomic mass is 10.2. The standard InChI is InChI=1S/C7H5BrN2OS/c8-5-1-4-2-6(11)9-3-10-7(4)12-5/h1,3H,2H2,(H,9,10,11). The van der Waals surface area contributed by atoms with Gasteiger partial charge in [-0.15, -0.1) is 11.3 Å². The fourth-order valence-corrected chi connectivity index (χ4v) is 2.50. The lowest BCUT2D eigenvalue weighted by molar-refractivity contribution is -0.118. The van der Waals surface area contributed by atoms with Gasteiger partial charge in [-0.3, -0.25) is 4.79 Å². The number of fused-ring (bicyclic) bond motifs is 1. The van der Waals surface area contributed by atoms with Gasteiger partial charge in [-0.05, 0) is 27.6 Å². The van der Waals surface area contributed by atoms with Gasteiger partial charge in [0.15, 0.2) is 0 Å². The molecular weight excluding hydrogens is 240 g/mol. The Kier molecular flexibility index (Phi) is 1.98. The smallest absolute Gasteiger partial charge is 0.229 e. The molecule has 0 fully saturated rings. The molecule has 1 aromatic rings. The molecule has 0 unspecified atom stereocenters. The van der Waals surface area contributed by atoms with Crippen molar-refractivity contribution in [3.8, 4) is 0 Å². The highest BCUT2D eigenvalue weighted by molar-refractivity contribution is 9.11. The van der Waals surface area contributed by atoms with Crippen LogP contribution in [0.3, 0.4) is 0 Å². The summed E-state index contributed by atoms with van der Waals surface area (Å²) in [6, 6.07) is 1.93. The number of thiophene rings is 1. The average molecular weight is 245 g/mol. The van der Waals surface area contributed by atoms with Crippen LogP contribution in [-0.2, 0) is 11.2 Å². The molecule has 2 rings (SSSR count). The van der Waals surface area contributed by atoms with Crippen molar-refractivity contribution in [1.82, 2.24) is 5.32 Å². The Balaban J connectivity index is 2.47. The Morgan fingerprint density at radius 2 is 2.50 bits per heavy atom. The quantitative estimate of drug-likeness (QED) is 0.744. The third kappa shape index (κ3) is 1.42. The highest BCUT2D eigenvalue weighted by atomic mass is 79.9. The van der Waals surface area contributed by atoms with Gasteiger partial charge < -0.3 is 5.32 Å². The van der Waals surface area contributed by atoms with Gasteiger partial charge in [0, 0.05) is 0 Å². The van der Waals surface area contributed by atoms with Gasteiger partial charge in [0.1, 0.15) is 5.00 Å². The van der Waals surface area contributed by atoms with E-state index in [0.717, 1.165) is 14.4 Å². The topological polar surface area (TPSA) is 41.5 Å². The first-order chi connectivity index (χ1) is 5.75. The van der Waals surface area contributed by atoms with Gasteiger partial charge >= 0.3 is 0 Å². The summed E-state index contributed by atoms with van der Waals surface area (Å²) in [7, 11) is 0. The molecule has 1 amide bonds. The molecule has 0 atom stereocenters. The molecule has 0 radical (unpaired) electrons. The van der Waals surface area contributed by atoms with Crippen LogP contribution in [0, 0.1) is 0 Å². The van der Waals surface area contributed by atoms with Crippen molar-refractivity contribution in [1.29, 1.82) is 0 Å². The van der Waals surface area contributed by atoms with Gasteiger partial charge in [-0.25, -0.2) is 4.99 Å². The number of nitrogens with zero attached hydrogens (tertiary/aromatic N) is 1. The van der Waals surface area contributed by atoms with E-state index in [4.69, 9.17) is 0 Å². The highest BCUT2D eigenvalue weighted by Crippen LogP contribution is 2.34. The third-order valence-corrected chi connectivity index (χ3v) is 3.10. The van der Waals surface area contributed by atoms with E-state index in [9.17, 15) is 4.79 Å². The molecule has 0 aromatic carbocycles. The minimum Gasteiger partial charge on any atom is -0.317 e. The number of halogens is 1. The summed E-state index contributed by atoms with van der Waals surface area (Å²) in [5.41, 5.74) is 0.984. The summed E-state index contributed by atoms with van der Waals surface area (Å²) < 4.78 is 1.01. The molecule has 0 spiro atoms. The summed E-state index contributed by atoms with van der Waals surface area (Å²) in [6.07, 6.45) is 1.86. The first-order valence-corrected chi connectivity index (χ1v) is 4.97. The van der Waals surface area contributed by atoms with Crippen LogP contribution < -0.4 is 5.32 Å². The third-order valence-electron chi connectivity index (χ3n) is 1.51. The maximum Gasteiger partial charge on any atom is 0.229 e. The second-order valence-corrected chi connectivity index (χ2v) is 4.79. The molecule has 5 heteroatoms. The molecule has 0 saturated heterocycles. The van der Waals surface area contributed by atoms with E-state index in [1.54, 1.807) is 0 Å². The van der Waals surface area contributed by atoms with E-state index < -0.39 is 0 Å². The number of rotatable bonds is 0. The van der Waals surface area contributed by atoms with Crippen LogP contribution in [0.4, 0.5) is 5.00 Å². The molecule has 2 heterocycles. The van der Waals surface area contributed by atoms with E-state index in [1.807, 2.05) is 6.07 Å². The van der Waals surface area contributed by atoms with Crippen molar-refractivity contribution in [3.63, 3.8) is 0 Å². The van der Waals surface area contributed by atoms with Gasteiger partial charge in [0.25, 0.3) is 0 Å². The zero-order chi connectivity index (χ0) is 8.55. The fraction of sp³-hybridized carbons (Fsp3) is 0.143. The number of hydrogen-bond acceptors (Lipinski definition) is 3. The van der Waals surface area contributed by atoms with Crippen LogP contribution in [0.15, 0.2) is 14.8 Å². The summed E-state index contributed by atoms with van der Waals surface area (Å²) in [6.45, 7) is 0. The monoisotopic (exact) mass is 244 g/mol. The lowest BCUT2D eigenvalue weighted by Gasteiger charge is -1.92. The van der Waals surface area contributed by atoms with E-state index in [1.165, 1.54) is 17.7 Å². The van der Waals surface area contributed by atoms with Crippen LogP contribution in [0.25, 0.3) is 0 Å². The Hall–Kier alpha value is -0.680. The predicted molar refractivity (Wildman–Crippen MR) is 52.0 cm³/mol. The molecule has 12 heavy (non-hydrogen) atoms. The second-order valence-electron chi connectivity index (χ2n) is 2.38. The minimum atomic E-state index is -0.0113. The van der Waals surface area contributed by atoms with Crippen molar-refractivity contribution >= 4 is 44.5 Å². The van der Waals surface area contributed by atoms with Crippen molar-refractivity contribution in [2.45, 2.75) is 6.42 Å².